The van der Waals surface area contributed by atoms with Crippen molar-refractivity contribution in [2.45, 2.75) is 18.8 Å². The van der Waals surface area contributed by atoms with Gasteiger partial charge < -0.3 is 4.74 Å². The second kappa shape index (κ2) is 4.43. The van der Waals surface area contributed by atoms with Gasteiger partial charge in [0.05, 0.1) is 12.2 Å². The molecule has 0 spiro atoms. The largest absolute Gasteiger partial charge is 0.416 e. The van der Waals surface area contributed by atoms with Gasteiger partial charge in [-0.15, -0.1) is 0 Å². The van der Waals surface area contributed by atoms with E-state index in [9.17, 15) is 13.2 Å². The SMILES string of the molecule is FC(F)(F)c1ccc(CC2NCCO2)cc1. The molecule has 16 heavy (non-hydrogen) atoms. The van der Waals surface area contributed by atoms with Crippen LogP contribution < -0.4 is 5.32 Å². The van der Waals surface area contributed by atoms with Gasteiger partial charge in [0.1, 0.15) is 6.23 Å². The maximum atomic E-state index is 12.3. The predicted octanol–water partition coefficient (Wildman–Crippen LogP) is 2.19. The van der Waals surface area contributed by atoms with Gasteiger partial charge in [-0.2, -0.15) is 13.2 Å². The summed E-state index contributed by atoms with van der Waals surface area (Å²) in [6.07, 6.45) is -3.74. The molecule has 88 valence electrons. The molecule has 2 nitrogen and oxygen atoms in total. The lowest BCUT2D eigenvalue weighted by Crippen LogP contribution is -2.24. The van der Waals surface area contributed by atoms with E-state index >= 15 is 0 Å². The molecule has 1 aliphatic heterocycles. The summed E-state index contributed by atoms with van der Waals surface area (Å²) in [4.78, 5) is 0. The Labute approximate surface area is 91.4 Å². The first-order valence-electron chi connectivity index (χ1n) is 5.07. The Morgan fingerprint density at radius 1 is 1.25 bits per heavy atom. The molecule has 1 unspecified atom stereocenters. The molecule has 2 rings (SSSR count). The number of nitrogens with one attached hydrogen (secondary N) is 1. The topological polar surface area (TPSA) is 21.3 Å². The molecule has 1 aromatic rings. The minimum absolute atomic E-state index is 0.0725. The Kier molecular flexibility index (Phi) is 3.16. The van der Waals surface area contributed by atoms with Crippen LogP contribution in [0.1, 0.15) is 11.1 Å². The van der Waals surface area contributed by atoms with Crippen LogP contribution in [0.2, 0.25) is 0 Å². The Morgan fingerprint density at radius 2 is 1.94 bits per heavy atom. The van der Waals surface area contributed by atoms with Gasteiger partial charge in [-0.05, 0) is 17.7 Å². The van der Waals surface area contributed by atoms with Crippen molar-refractivity contribution in [2.24, 2.45) is 0 Å². The molecule has 1 aliphatic rings. The highest BCUT2D eigenvalue weighted by Crippen LogP contribution is 2.29. The maximum Gasteiger partial charge on any atom is 0.416 e. The van der Waals surface area contributed by atoms with Crippen molar-refractivity contribution in [1.82, 2.24) is 5.32 Å². The molecule has 0 bridgehead atoms. The van der Waals surface area contributed by atoms with Gasteiger partial charge in [0.15, 0.2) is 0 Å². The van der Waals surface area contributed by atoms with E-state index in [1.165, 1.54) is 12.1 Å². The molecule has 1 saturated heterocycles. The van der Waals surface area contributed by atoms with Gasteiger partial charge in [-0.3, -0.25) is 5.32 Å². The van der Waals surface area contributed by atoms with Gasteiger partial charge in [-0.25, -0.2) is 0 Å². The Bertz CT molecular complexity index is 341. The first kappa shape index (κ1) is 11.4. The van der Waals surface area contributed by atoms with Crippen LogP contribution in [0.3, 0.4) is 0 Å². The van der Waals surface area contributed by atoms with E-state index in [0.29, 0.717) is 13.0 Å². The fourth-order valence-electron chi connectivity index (χ4n) is 1.66. The molecule has 0 aliphatic carbocycles. The molecule has 0 radical (unpaired) electrons. The number of benzene rings is 1. The Morgan fingerprint density at radius 3 is 2.44 bits per heavy atom. The number of rotatable bonds is 2. The van der Waals surface area contributed by atoms with Crippen LogP contribution in [0.25, 0.3) is 0 Å². The fourth-order valence-corrected chi connectivity index (χ4v) is 1.66. The van der Waals surface area contributed by atoms with Crippen LogP contribution in [0.5, 0.6) is 0 Å². The number of hydrogen-bond donors (Lipinski definition) is 1. The summed E-state index contributed by atoms with van der Waals surface area (Å²) in [7, 11) is 0. The smallest absolute Gasteiger partial charge is 0.362 e. The average Bonchev–Trinajstić information content (AvgIpc) is 2.70. The minimum atomic E-state index is -4.26. The van der Waals surface area contributed by atoms with E-state index in [0.717, 1.165) is 24.2 Å². The van der Waals surface area contributed by atoms with Gasteiger partial charge in [-0.1, -0.05) is 12.1 Å². The first-order chi connectivity index (χ1) is 7.55. The lowest BCUT2D eigenvalue weighted by atomic mass is 10.1. The van der Waals surface area contributed by atoms with Crippen molar-refractivity contribution >= 4 is 0 Å². The number of hydrogen-bond acceptors (Lipinski definition) is 2. The highest BCUT2D eigenvalue weighted by molar-refractivity contribution is 5.25. The molecular formula is C11H12F3NO. The van der Waals surface area contributed by atoms with E-state index in [2.05, 4.69) is 5.32 Å². The van der Waals surface area contributed by atoms with Gasteiger partial charge in [0, 0.05) is 13.0 Å². The number of ether oxygens (including phenoxy) is 1. The number of alkyl halides is 3. The lowest BCUT2D eigenvalue weighted by molar-refractivity contribution is -0.137. The Hall–Kier alpha value is -1.07. The van der Waals surface area contributed by atoms with Crippen molar-refractivity contribution < 1.29 is 17.9 Å². The summed E-state index contributed by atoms with van der Waals surface area (Å²) in [5.41, 5.74) is 0.226. The second-order valence-corrected chi connectivity index (χ2v) is 3.71. The van der Waals surface area contributed by atoms with Crippen LogP contribution in [-0.4, -0.2) is 19.4 Å². The summed E-state index contributed by atoms with van der Waals surface area (Å²) < 4.78 is 42.2. The van der Waals surface area contributed by atoms with Crippen LogP contribution in [0.15, 0.2) is 24.3 Å². The van der Waals surface area contributed by atoms with E-state index in [-0.39, 0.29) is 6.23 Å². The predicted molar refractivity (Wildman–Crippen MR) is 52.9 cm³/mol. The molecule has 1 heterocycles. The quantitative estimate of drug-likeness (QED) is 0.842. The van der Waals surface area contributed by atoms with Gasteiger partial charge in [0.2, 0.25) is 0 Å². The lowest BCUT2D eigenvalue weighted by Gasteiger charge is -2.11. The van der Waals surface area contributed by atoms with E-state index < -0.39 is 11.7 Å². The summed E-state index contributed by atoms with van der Waals surface area (Å²) >= 11 is 0. The summed E-state index contributed by atoms with van der Waals surface area (Å²) in [6.45, 7) is 1.45. The van der Waals surface area contributed by atoms with Crippen LogP contribution >= 0.6 is 0 Å². The highest BCUT2D eigenvalue weighted by atomic mass is 19.4. The molecule has 1 fully saturated rings. The third-order valence-corrected chi connectivity index (χ3v) is 2.50. The molecule has 0 amide bonds. The van der Waals surface area contributed by atoms with Crippen molar-refractivity contribution in [3.05, 3.63) is 35.4 Å². The van der Waals surface area contributed by atoms with E-state index in [4.69, 9.17) is 4.74 Å². The molecule has 1 aromatic carbocycles. The van der Waals surface area contributed by atoms with Crippen molar-refractivity contribution in [2.75, 3.05) is 13.2 Å². The Balaban J connectivity index is 2.01. The molecule has 1 N–H and O–H groups in total. The standard InChI is InChI=1S/C11H12F3NO/c12-11(13,14)9-3-1-8(2-4-9)7-10-15-5-6-16-10/h1-4,10,15H,5-7H2. The maximum absolute atomic E-state index is 12.3. The van der Waals surface area contributed by atoms with Crippen molar-refractivity contribution in [3.8, 4) is 0 Å². The van der Waals surface area contributed by atoms with Crippen molar-refractivity contribution in [1.29, 1.82) is 0 Å². The molecule has 5 heteroatoms. The number of halogens is 3. The normalized spacial score (nSPS) is 21.3. The summed E-state index contributed by atoms with van der Waals surface area (Å²) in [6, 6.07) is 5.19. The minimum Gasteiger partial charge on any atom is -0.362 e. The first-order valence-corrected chi connectivity index (χ1v) is 5.07. The third kappa shape index (κ3) is 2.74. The van der Waals surface area contributed by atoms with Gasteiger partial charge >= 0.3 is 6.18 Å². The summed E-state index contributed by atoms with van der Waals surface area (Å²) in [5.74, 6) is 0. The molecular weight excluding hydrogens is 219 g/mol. The summed E-state index contributed by atoms with van der Waals surface area (Å²) in [5, 5.41) is 3.11. The monoisotopic (exact) mass is 231 g/mol. The molecule has 0 aromatic heterocycles. The zero-order valence-electron chi connectivity index (χ0n) is 8.55. The van der Waals surface area contributed by atoms with E-state index in [1.54, 1.807) is 0 Å². The zero-order chi connectivity index (χ0) is 11.6. The van der Waals surface area contributed by atoms with Crippen LogP contribution in [-0.2, 0) is 17.3 Å². The van der Waals surface area contributed by atoms with E-state index in [1.807, 2.05) is 0 Å². The molecule has 1 atom stereocenters. The highest BCUT2D eigenvalue weighted by Gasteiger charge is 2.30. The van der Waals surface area contributed by atoms with Crippen LogP contribution in [0.4, 0.5) is 13.2 Å². The van der Waals surface area contributed by atoms with Gasteiger partial charge in [0.25, 0.3) is 0 Å². The molecule has 0 saturated carbocycles. The second-order valence-electron chi connectivity index (χ2n) is 3.71. The van der Waals surface area contributed by atoms with Crippen molar-refractivity contribution in [3.63, 3.8) is 0 Å². The fraction of sp³-hybridized carbons (Fsp3) is 0.455. The average molecular weight is 231 g/mol. The van der Waals surface area contributed by atoms with Crippen LogP contribution in [0, 0.1) is 0 Å². The third-order valence-electron chi connectivity index (χ3n) is 2.50. The zero-order valence-corrected chi connectivity index (χ0v) is 8.55.